The Morgan fingerprint density at radius 3 is 2.46 bits per heavy atom. The summed E-state index contributed by atoms with van der Waals surface area (Å²) in [6.45, 7) is 7.31. The minimum Gasteiger partial charge on any atom is -0.391 e. The molecule has 0 radical (unpaired) electrons. The van der Waals surface area contributed by atoms with E-state index in [0.717, 1.165) is 32.4 Å². The Bertz CT molecular complexity index is 509. The topological polar surface area (TPSA) is 122 Å². The summed E-state index contributed by atoms with van der Waals surface area (Å²) >= 11 is 1.20. The number of thioether (sulfide) groups is 1. The minimum absolute atomic E-state index is 0.205. The van der Waals surface area contributed by atoms with Gasteiger partial charge in [-0.25, -0.2) is 0 Å². The maximum Gasteiger partial charge on any atom is 0.237 e. The molecule has 0 aromatic heterocycles. The molecule has 0 aromatic carbocycles. The Labute approximate surface area is 171 Å². The number of aliphatic hydroxyl groups excluding tert-OH is 4. The zero-order chi connectivity index (χ0) is 21.0. The SMILES string of the molecule is CCC[C@@H]1C[C@H](C(=O)N[C@@H]([C@@H]2OC(SC)[C@H](O)[C@@H](O)[C@@H]2O)[C@@H](C)O)N(CC)C1. The molecular weight excluding hydrogens is 384 g/mol. The molecule has 9 heteroatoms. The highest BCUT2D eigenvalue weighted by Crippen LogP contribution is 2.30. The van der Waals surface area contributed by atoms with Crippen LogP contribution in [0, 0.1) is 5.92 Å². The number of hydrogen-bond acceptors (Lipinski definition) is 8. The second-order valence-electron chi connectivity index (χ2n) is 7.95. The number of carbonyl (C=O) groups excluding carboxylic acids is 1. The van der Waals surface area contributed by atoms with Crippen LogP contribution in [0.5, 0.6) is 0 Å². The van der Waals surface area contributed by atoms with E-state index in [4.69, 9.17) is 4.74 Å². The summed E-state index contributed by atoms with van der Waals surface area (Å²) in [4.78, 5) is 15.1. The maximum absolute atomic E-state index is 13.0. The number of nitrogens with zero attached hydrogens (tertiary/aromatic N) is 1. The van der Waals surface area contributed by atoms with E-state index >= 15 is 0 Å². The van der Waals surface area contributed by atoms with Gasteiger partial charge in [-0.3, -0.25) is 9.69 Å². The average Bonchev–Trinajstić information content (AvgIpc) is 3.08. The van der Waals surface area contributed by atoms with Gasteiger partial charge in [0.05, 0.1) is 18.2 Å². The summed E-state index contributed by atoms with van der Waals surface area (Å²) < 4.78 is 5.75. The molecule has 5 N–H and O–H groups in total. The number of rotatable bonds is 8. The maximum atomic E-state index is 13.0. The molecule has 1 amide bonds. The van der Waals surface area contributed by atoms with E-state index in [2.05, 4.69) is 17.1 Å². The zero-order valence-corrected chi connectivity index (χ0v) is 18.0. The molecule has 164 valence electrons. The standard InChI is InChI=1S/C19H36N2O6S/c1-5-7-11-8-12(21(6-2)9-11)18(26)20-13(10(3)22)17-15(24)14(23)16(25)19(27-17)28-4/h10-17,19,22-25H,5-9H2,1-4H3,(H,20,26)/t10-,11-,12-,13-,14+,15+,16-,17+,19?/m1/s1. The van der Waals surface area contributed by atoms with Crippen LogP contribution in [0.15, 0.2) is 0 Å². The number of likely N-dealkylation sites (N-methyl/N-ethyl adjacent to an activating group) is 1. The van der Waals surface area contributed by atoms with Crippen molar-refractivity contribution in [1.82, 2.24) is 10.2 Å². The van der Waals surface area contributed by atoms with E-state index in [0.29, 0.717) is 5.92 Å². The first kappa shape index (κ1) is 23.9. The van der Waals surface area contributed by atoms with Gasteiger partial charge in [-0.1, -0.05) is 20.3 Å². The van der Waals surface area contributed by atoms with Gasteiger partial charge in [0.1, 0.15) is 29.9 Å². The molecule has 2 heterocycles. The lowest BCUT2D eigenvalue weighted by Crippen LogP contribution is -2.65. The van der Waals surface area contributed by atoms with E-state index in [1.165, 1.54) is 18.7 Å². The van der Waals surface area contributed by atoms with Gasteiger partial charge in [-0.2, -0.15) is 0 Å². The molecule has 0 aliphatic carbocycles. The fourth-order valence-corrected chi connectivity index (χ4v) is 5.02. The third kappa shape index (κ3) is 5.19. The summed E-state index contributed by atoms with van der Waals surface area (Å²) in [5.41, 5.74) is -0.755. The second-order valence-corrected chi connectivity index (χ2v) is 8.88. The van der Waals surface area contributed by atoms with E-state index in [9.17, 15) is 25.2 Å². The van der Waals surface area contributed by atoms with Gasteiger partial charge in [0, 0.05) is 6.54 Å². The van der Waals surface area contributed by atoms with Crippen molar-refractivity contribution in [1.29, 1.82) is 0 Å². The lowest BCUT2D eigenvalue weighted by molar-refractivity contribution is -0.211. The monoisotopic (exact) mass is 420 g/mol. The van der Waals surface area contributed by atoms with Crippen molar-refractivity contribution in [3.8, 4) is 0 Å². The van der Waals surface area contributed by atoms with Gasteiger partial charge in [0.25, 0.3) is 0 Å². The fourth-order valence-electron chi connectivity index (χ4n) is 4.34. The van der Waals surface area contributed by atoms with Crippen molar-refractivity contribution in [2.45, 2.75) is 88.1 Å². The number of ether oxygens (including phenoxy) is 1. The number of hydrogen-bond donors (Lipinski definition) is 5. The molecule has 0 saturated carbocycles. The molecule has 2 aliphatic heterocycles. The fraction of sp³-hybridized carbons (Fsp3) is 0.947. The van der Waals surface area contributed by atoms with Gasteiger partial charge in [-0.15, -0.1) is 11.8 Å². The highest BCUT2D eigenvalue weighted by Gasteiger charge is 2.48. The van der Waals surface area contributed by atoms with Crippen LogP contribution in [-0.4, -0.2) is 98.6 Å². The Hall–Kier alpha value is -0.420. The van der Waals surface area contributed by atoms with Crippen LogP contribution in [0.2, 0.25) is 0 Å². The van der Waals surface area contributed by atoms with Gasteiger partial charge in [0.15, 0.2) is 0 Å². The van der Waals surface area contributed by atoms with Gasteiger partial charge in [-0.05, 0) is 38.5 Å². The highest BCUT2D eigenvalue weighted by atomic mass is 32.2. The summed E-state index contributed by atoms with van der Waals surface area (Å²) in [6.07, 6.45) is -1.47. The summed E-state index contributed by atoms with van der Waals surface area (Å²) in [5, 5.41) is 43.7. The Morgan fingerprint density at radius 2 is 1.93 bits per heavy atom. The van der Waals surface area contributed by atoms with Gasteiger partial charge >= 0.3 is 0 Å². The Balaban J connectivity index is 2.12. The first-order valence-corrected chi connectivity index (χ1v) is 11.5. The Kier molecular flexibility index (Phi) is 9.00. The molecule has 0 bridgehead atoms. The number of aliphatic hydroxyl groups is 4. The molecule has 1 unspecified atom stereocenters. The van der Waals surface area contributed by atoms with E-state index in [1.54, 1.807) is 6.26 Å². The smallest absolute Gasteiger partial charge is 0.237 e. The number of nitrogens with one attached hydrogen (secondary N) is 1. The largest absolute Gasteiger partial charge is 0.391 e. The van der Waals surface area contributed by atoms with E-state index in [1.807, 2.05) is 6.92 Å². The van der Waals surface area contributed by atoms with E-state index in [-0.39, 0.29) is 11.9 Å². The van der Waals surface area contributed by atoms with Crippen molar-refractivity contribution in [2.24, 2.45) is 5.92 Å². The number of likely N-dealkylation sites (tertiary alicyclic amines) is 1. The van der Waals surface area contributed by atoms with E-state index < -0.39 is 42.0 Å². The zero-order valence-electron chi connectivity index (χ0n) is 17.2. The predicted octanol–water partition coefficient (Wildman–Crippen LogP) is -0.467. The number of amides is 1. The molecule has 0 aromatic rings. The summed E-state index contributed by atoms with van der Waals surface area (Å²) in [7, 11) is 0. The van der Waals surface area contributed by atoms with Gasteiger partial charge < -0.3 is 30.5 Å². The molecule has 2 fully saturated rings. The molecule has 8 nitrogen and oxygen atoms in total. The molecule has 28 heavy (non-hydrogen) atoms. The normalized spacial score (nSPS) is 38.9. The average molecular weight is 421 g/mol. The predicted molar refractivity (Wildman–Crippen MR) is 108 cm³/mol. The Morgan fingerprint density at radius 1 is 1.25 bits per heavy atom. The lowest BCUT2D eigenvalue weighted by atomic mass is 9.92. The van der Waals surface area contributed by atoms with Crippen LogP contribution in [0.1, 0.15) is 40.0 Å². The molecule has 2 aliphatic rings. The summed E-state index contributed by atoms with van der Waals surface area (Å²) in [5.74, 6) is 0.267. The van der Waals surface area contributed by atoms with Crippen LogP contribution in [0.3, 0.4) is 0 Å². The highest BCUT2D eigenvalue weighted by molar-refractivity contribution is 7.99. The van der Waals surface area contributed by atoms with Crippen LogP contribution < -0.4 is 5.32 Å². The quantitative estimate of drug-likeness (QED) is 0.357. The van der Waals surface area contributed by atoms with Crippen molar-refractivity contribution in [2.75, 3.05) is 19.3 Å². The van der Waals surface area contributed by atoms with Crippen LogP contribution in [0.4, 0.5) is 0 Å². The van der Waals surface area contributed by atoms with Crippen LogP contribution in [-0.2, 0) is 9.53 Å². The third-order valence-electron chi connectivity index (χ3n) is 5.92. The first-order valence-electron chi connectivity index (χ1n) is 10.2. The molecule has 2 saturated heterocycles. The lowest BCUT2D eigenvalue weighted by Gasteiger charge is -2.44. The van der Waals surface area contributed by atoms with Crippen molar-refractivity contribution >= 4 is 17.7 Å². The minimum atomic E-state index is -1.42. The molecule has 9 atom stereocenters. The van der Waals surface area contributed by atoms with Crippen molar-refractivity contribution in [3.05, 3.63) is 0 Å². The van der Waals surface area contributed by atoms with Crippen molar-refractivity contribution in [3.63, 3.8) is 0 Å². The molecular formula is C19H36N2O6S. The first-order chi connectivity index (χ1) is 13.2. The second kappa shape index (κ2) is 10.6. The third-order valence-corrected chi connectivity index (χ3v) is 6.77. The van der Waals surface area contributed by atoms with Crippen molar-refractivity contribution < 1.29 is 30.0 Å². The molecule has 0 spiro atoms. The van der Waals surface area contributed by atoms with Gasteiger partial charge in [0.2, 0.25) is 5.91 Å². The van der Waals surface area contributed by atoms with Crippen LogP contribution in [0.25, 0.3) is 0 Å². The molecule has 2 rings (SSSR count). The number of carbonyl (C=O) groups is 1. The van der Waals surface area contributed by atoms with Crippen LogP contribution >= 0.6 is 11.8 Å². The summed E-state index contributed by atoms with van der Waals surface area (Å²) in [6, 6.07) is -1.18.